The zero-order valence-corrected chi connectivity index (χ0v) is 12.9. The first-order valence-corrected chi connectivity index (χ1v) is 7.44. The lowest BCUT2D eigenvalue weighted by Crippen LogP contribution is -2.43. The summed E-state index contributed by atoms with van der Waals surface area (Å²) in [6.45, 7) is 10.5. The van der Waals surface area contributed by atoms with Gasteiger partial charge in [0.15, 0.2) is 0 Å². The first-order chi connectivity index (χ1) is 9.49. The molecule has 1 aromatic rings. The number of hydrogen-bond donors (Lipinski definition) is 1. The number of amides is 1. The molecule has 1 N–H and O–H groups in total. The first kappa shape index (κ1) is 15.0. The second-order valence-electron chi connectivity index (χ2n) is 6.10. The third-order valence-electron chi connectivity index (χ3n) is 3.72. The van der Waals surface area contributed by atoms with E-state index in [1.165, 1.54) is 6.42 Å². The fraction of sp³-hybridized carbons (Fsp3) is 0.733. The van der Waals surface area contributed by atoms with E-state index in [0.29, 0.717) is 29.0 Å². The van der Waals surface area contributed by atoms with Crippen molar-refractivity contribution in [2.45, 2.75) is 46.6 Å². The van der Waals surface area contributed by atoms with Gasteiger partial charge in [0.25, 0.3) is 5.91 Å². The van der Waals surface area contributed by atoms with Crippen molar-refractivity contribution in [2.75, 3.05) is 19.6 Å². The highest BCUT2D eigenvalue weighted by Crippen LogP contribution is 2.17. The van der Waals surface area contributed by atoms with Gasteiger partial charge in [0.1, 0.15) is 11.3 Å². The fourth-order valence-corrected chi connectivity index (χ4v) is 2.81. The lowest BCUT2D eigenvalue weighted by atomic mass is 10.1. The van der Waals surface area contributed by atoms with Gasteiger partial charge in [-0.25, -0.2) is 0 Å². The molecule has 5 nitrogen and oxygen atoms in total. The molecule has 0 aliphatic carbocycles. The van der Waals surface area contributed by atoms with Crippen molar-refractivity contribution >= 4 is 5.91 Å². The van der Waals surface area contributed by atoms with Crippen molar-refractivity contribution in [2.24, 2.45) is 5.92 Å². The van der Waals surface area contributed by atoms with Crippen LogP contribution in [0.1, 0.15) is 48.5 Å². The molecule has 0 radical (unpaired) electrons. The number of nitrogens with one attached hydrogen (secondary N) is 1. The van der Waals surface area contributed by atoms with Crippen molar-refractivity contribution in [1.82, 2.24) is 15.4 Å². The molecule has 1 aliphatic rings. The van der Waals surface area contributed by atoms with Gasteiger partial charge in [-0.1, -0.05) is 19.0 Å². The second-order valence-corrected chi connectivity index (χ2v) is 6.10. The molecule has 0 spiro atoms. The summed E-state index contributed by atoms with van der Waals surface area (Å²) in [6, 6.07) is 0.415. The van der Waals surface area contributed by atoms with Crippen LogP contribution in [0.4, 0.5) is 0 Å². The van der Waals surface area contributed by atoms with Gasteiger partial charge in [0, 0.05) is 19.1 Å². The summed E-state index contributed by atoms with van der Waals surface area (Å²) < 4.78 is 5.13. The highest BCUT2D eigenvalue weighted by molar-refractivity contribution is 5.96. The molecule has 0 bridgehead atoms. The Morgan fingerprint density at radius 1 is 1.50 bits per heavy atom. The van der Waals surface area contributed by atoms with E-state index in [2.05, 4.69) is 24.3 Å². The van der Waals surface area contributed by atoms with Crippen LogP contribution >= 0.6 is 0 Å². The van der Waals surface area contributed by atoms with E-state index in [9.17, 15) is 4.79 Å². The van der Waals surface area contributed by atoms with Crippen LogP contribution in [-0.4, -0.2) is 41.6 Å². The summed E-state index contributed by atoms with van der Waals surface area (Å²) in [4.78, 5) is 14.7. The Hall–Kier alpha value is -1.36. The minimum Gasteiger partial charge on any atom is -0.361 e. The zero-order chi connectivity index (χ0) is 14.7. The van der Waals surface area contributed by atoms with E-state index in [4.69, 9.17) is 4.52 Å². The summed E-state index contributed by atoms with van der Waals surface area (Å²) >= 11 is 0. The zero-order valence-electron chi connectivity index (χ0n) is 12.9. The number of carbonyl (C=O) groups is 1. The Balaban J connectivity index is 2.14. The lowest BCUT2D eigenvalue weighted by molar-refractivity contribution is 0.0719. The number of aromatic nitrogens is 1. The molecule has 1 fully saturated rings. The van der Waals surface area contributed by atoms with Crippen molar-refractivity contribution in [3.05, 3.63) is 17.0 Å². The Morgan fingerprint density at radius 2 is 2.25 bits per heavy atom. The van der Waals surface area contributed by atoms with Crippen LogP contribution in [0.25, 0.3) is 0 Å². The monoisotopic (exact) mass is 279 g/mol. The molecule has 1 aliphatic heterocycles. The van der Waals surface area contributed by atoms with Crippen molar-refractivity contribution in [3.63, 3.8) is 0 Å². The fourth-order valence-electron chi connectivity index (χ4n) is 2.81. The number of hydrogen-bond acceptors (Lipinski definition) is 4. The topological polar surface area (TPSA) is 58.4 Å². The number of nitrogens with zero attached hydrogens (tertiary/aromatic N) is 2. The average Bonchev–Trinajstić information content (AvgIpc) is 2.98. The smallest absolute Gasteiger partial charge is 0.259 e. The Labute approximate surface area is 120 Å². The third kappa shape index (κ3) is 3.39. The van der Waals surface area contributed by atoms with E-state index in [1.54, 1.807) is 6.92 Å². The number of carbonyl (C=O) groups excluding carboxylic acids is 1. The molecule has 112 valence electrons. The standard InChI is InChI=1S/C15H25N3O2/c1-10(2)8-18(9-13-6-5-7-16-13)15(19)14-11(3)17-20-12(14)4/h10,13,16H,5-9H2,1-4H3. The summed E-state index contributed by atoms with van der Waals surface area (Å²) in [5.74, 6) is 1.10. The van der Waals surface area contributed by atoms with E-state index in [1.807, 2.05) is 11.8 Å². The SMILES string of the molecule is Cc1noc(C)c1C(=O)N(CC(C)C)CC1CCCN1. The highest BCUT2D eigenvalue weighted by Gasteiger charge is 2.27. The predicted molar refractivity (Wildman–Crippen MR) is 77.7 cm³/mol. The molecule has 5 heteroatoms. The summed E-state index contributed by atoms with van der Waals surface area (Å²) in [6.07, 6.45) is 2.34. The third-order valence-corrected chi connectivity index (χ3v) is 3.72. The molecular weight excluding hydrogens is 254 g/mol. The quantitative estimate of drug-likeness (QED) is 0.897. The Morgan fingerprint density at radius 3 is 2.75 bits per heavy atom. The number of aryl methyl sites for hydroxylation is 2. The number of rotatable bonds is 5. The van der Waals surface area contributed by atoms with Crippen molar-refractivity contribution in [1.29, 1.82) is 0 Å². The summed E-state index contributed by atoms with van der Waals surface area (Å²) in [7, 11) is 0. The lowest BCUT2D eigenvalue weighted by Gasteiger charge is -2.27. The molecule has 1 atom stereocenters. The first-order valence-electron chi connectivity index (χ1n) is 7.44. The summed E-state index contributed by atoms with van der Waals surface area (Å²) in [5.41, 5.74) is 1.31. The summed E-state index contributed by atoms with van der Waals surface area (Å²) in [5, 5.41) is 7.35. The maximum Gasteiger partial charge on any atom is 0.259 e. The molecule has 1 unspecified atom stereocenters. The van der Waals surface area contributed by atoms with Crippen LogP contribution in [0.2, 0.25) is 0 Å². The van der Waals surface area contributed by atoms with Crippen LogP contribution in [-0.2, 0) is 0 Å². The average molecular weight is 279 g/mol. The van der Waals surface area contributed by atoms with Crippen LogP contribution in [0.15, 0.2) is 4.52 Å². The van der Waals surface area contributed by atoms with Crippen LogP contribution in [0, 0.1) is 19.8 Å². The van der Waals surface area contributed by atoms with Gasteiger partial charge in [-0.05, 0) is 39.2 Å². The van der Waals surface area contributed by atoms with Crippen molar-refractivity contribution in [3.8, 4) is 0 Å². The maximum atomic E-state index is 12.8. The van der Waals surface area contributed by atoms with Gasteiger partial charge < -0.3 is 14.7 Å². The minimum atomic E-state index is 0.0450. The van der Waals surface area contributed by atoms with Crippen molar-refractivity contribution < 1.29 is 9.32 Å². The Bertz CT molecular complexity index is 442. The van der Waals surface area contributed by atoms with Gasteiger partial charge in [-0.2, -0.15) is 0 Å². The van der Waals surface area contributed by atoms with E-state index in [0.717, 1.165) is 26.1 Å². The highest BCUT2D eigenvalue weighted by atomic mass is 16.5. The van der Waals surface area contributed by atoms with Gasteiger partial charge in [-0.3, -0.25) is 4.79 Å². The molecule has 1 amide bonds. The van der Waals surface area contributed by atoms with Gasteiger partial charge in [0.05, 0.1) is 5.69 Å². The molecule has 0 aromatic carbocycles. The second kappa shape index (κ2) is 6.39. The molecule has 2 heterocycles. The van der Waals surface area contributed by atoms with Gasteiger partial charge >= 0.3 is 0 Å². The molecule has 1 saturated heterocycles. The maximum absolute atomic E-state index is 12.8. The van der Waals surface area contributed by atoms with Crippen LogP contribution < -0.4 is 5.32 Å². The van der Waals surface area contributed by atoms with Crippen LogP contribution in [0.3, 0.4) is 0 Å². The largest absolute Gasteiger partial charge is 0.361 e. The normalized spacial score (nSPS) is 18.8. The van der Waals surface area contributed by atoms with E-state index in [-0.39, 0.29) is 5.91 Å². The molecule has 20 heavy (non-hydrogen) atoms. The predicted octanol–water partition coefficient (Wildman–Crippen LogP) is 2.14. The minimum absolute atomic E-state index is 0.0450. The Kier molecular flexibility index (Phi) is 4.81. The molecular formula is C15H25N3O2. The molecule has 1 aromatic heterocycles. The van der Waals surface area contributed by atoms with Gasteiger partial charge in [0.2, 0.25) is 0 Å². The molecule has 0 saturated carbocycles. The van der Waals surface area contributed by atoms with E-state index >= 15 is 0 Å². The van der Waals surface area contributed by atoms with E-state index < -0.39 is 0 Å². The molecule has 2 rings (SSSR count). The van der Waals surface area contributed by atoms with Crippen LogP contribution in [0.5, 0.6) is 0 Å². The van der Waals surface area contributed by atoms with Gasteiger partial charge in [-0.15, -0.1) is 0 Å².